The minimum absolute atomic E-state index is 0.0184. The fraction of sp³-hybridized carbons (Fsp3) is 0.708. The van der Waals surface area contributed by atoms with E-state index in [1.54, 1.807) is 11.1 Å². The van der Waals surface area contributed by atoms with Gasteiger partial charge in [0.1, 0.15) is 5.82 Å². The number of aliphatic hydroxyl groups is 1. The fourth-order valence-corrected chi connectivity index (χ4v) is 5.58. The van der Waals surface area contributed by atoms with Crippen molar-refractivity contribution in [2.75, 3.05) is 50.8 Å². The predicted octanol–water partition coefficient (Wildman–Crippen LogP) is 2.66. The summed E-state index contributed by atoms with van der Waals surface area (Å²) < 4.78 is 5.44. The van der Waals surface area contributed by atoms with Gasteiger partial charge in [0.2, 0.25) is 5.91 Å². The summed E-state index contributed by atoms with van der Waals surface area (Å²) >= 11 is 0. The maximum Gasteiger partial charge on any atom is 0.409 e. The molecule has 3 fully saturated rings. The largest absolute Gasteiger partial charge is 0.449 e. The number of β-amino-alcohol motifs (C(OH)–C–C–N with tert-alkyl or cyclic N) is 1. The highest BCUT2D eigenvalue weighted by atomic mass is 16.6. The minimum Gasteiger partial charge on any atom is -0.449 e. The lowest BCUT2D eigenvalue weighted by Crippen LogP contribution is -2.65. The second-order valence-corrected chi connectivity index (χ2v) is 9.58. The summed E-state index contributed by atoms with van der Waals surface area (Å²) in [6.45, 7) is 5.36. The van der Waals surface area contributed by atoms with Crippen LogP contribution in [-0.4, -0.2) is 83.4 Å². The lowest BCUT2D eigenvalue weighted by Gasteiger charge is -2.53. The number of piperidine rings is 1. The SMILES string of the molecule is CCCCOC(=O)N1CCC(O)(CN2CCN(c3ccccn3)CC2=O)C2(CCCC2)C1. The molecule has 1 aliphatic carbocycles. The van der Waals surface area contributed by atoms with E-state index in [2.05, 4.69) is 11.9 Å². The van der Waals surface area contributed by atoms with Crippen molar-refractivity contribution in [2.24, 2.45) is 5.41 Å². The van der Waals surface area contributed by atoms with Gasteiger partial charge in [0.25, 0.3) is 0 Å². The Kier molecular flexibility index (Phi) is 6.88. The minimum atomic E-state index is -0.980. The molecule has 2 saturated heterocycles. The second-order valence-electron chi connectivity index (χ2n) is 9.58. The first-order chi connectivity index (χ1) is 15.5. The van der Waals surface area contributed by atoms with Gasteiger partial charge in [0.05, 0.1) is 25.3 Å². The number of pyridine rings is 1. The molecule has 0 aromatic carbocycles. The van der Waals surface area contributed by atoms with Crippen molar-refractivity contribution in [3.63, 3.8) is 0 Å². The Labute approximate surface area is 190 Å². The Morgan fingerprint density at radius 3 is 2.69 bits per heavy atom. The van der Waals surface area contributed by atoms with Crippen molar-refractivity contribution >= 4 is 17.8 Å². The maximum absolute atomic E-state index is 13.0. The zero-order valence-electron chi connectivity index (χ0n) is 19.2. The molecule has 32 heavy (non-hydrogen) atoms. The fourth-order valence-electron chi connectivity index (χ4n) is 5.58. The van der Waals surface area contributed by atoms with E-state index in [9.17, 15) is 14.7 Å². The van der Waals surface area contributed by atoms with Gasteiger partial charge in [-0.25, -0.2) is 9.78 Å². The second kappa shape index (κ2) is 9.65. The number of nitrogens with zero attached hydrogens (tertiary/aromatic N) is 4. The van der Waals surface area contributed by atoms with Crippen LogP contribution < -0.4 is 4.90 Å². The lowest BCUT2D eigenvalue weighted by molar-refractivity contribution is -0.156. The van der Waals surface area contributed by atoms with Crippen LogP contribution in [0.25, 0.3) is 0 Å². The van der Waals surface area contributed by atoms with Crippen LogP contribution in [-0.2, 0) is 9.53 Å². The molecule has 1 aromatic rings. The van der Waals surface area contributed by atoms with Crippen molar-refractivity contribution in [3.8, 4) is 0 Å². The highest BCUT2D eigenvalue weighted by molar-refractivity contribution is 5.82. The quantitative estimate of drug-likeness (QED) is 0.679. The lowest BCUT2D eigenvalue weighted by atomic mass is 9.65. The van der Waals surface area contributed by atoms with Gasteiger partial charge in [-0.05, 0) is 37.8 Å². The summed E-state index contributed by atoms with van der Waals surface area (Å²) in [5, 5.41) is 11.9. The highest BCUT2D eigenvalue weighted by Gasteiger charge is 2.56. The number of unbranched alkanes of at least 4 members (excludes halogenated alkanes) is 1. The summed E-state index contributed by atoms with van der Waals surface area (Å²) in [4.78, 5) is 35.5. The molecular formula is C24H36N4O4. The Bertz CT molecular complexity index is 798. The molecule has 176 valence electrons. The van der Waals surface area contributed by atoms with Gasteiger partial charge >= 0.3 is 6.09 Å². The Morgan fingerprint density at radius 1 is 1.19 bits per heavy atom. The number of aromatic nitrogens is 1. The van der Waals surface area contributed by atoms with Gasteiger partial charge in [-0.15, -0.1) is 0 Å². The number of anilines is 1. The zero-order chi connectivity index (χ0) is 22.6. The number of rotatable bonds is 6. The summed E-state index contributed by atoms with van der Waals surface area (Å²) in [5.74, 6) is 0.825. The van der Waals surface area contributed by atoms with E-state index in [0.717, 1.165) is 44.3 Å². The smallest absolute Gasteiger partial charge is 0.409 e. The van der Waals surface area contributed by atoms with Crippen LogP contribution in [0.3, 0.4) is 0 Å². The third-order valence-electron chi connectivity index (χ3n) is 7.56. The summed E-state index contributed by atoms with van der Waals surface area (Å²) in [5.41, 5.74) is -1.35. The number of piperazine rings is 1. The third-order valence-corrected chi connectivity index (χ3v) is 7.56. The first-order valence-corrected chi connectivity index (χ1v) is 12.0. The van der Waals surface area contributed by atoms with Crippen LogP contribution in [0.5, 0.6) is 0 Å². The normalized spacial score (nSPS) is 25.4. The molecule has 1 atom stereocenters. The summed E-state index contributed by atoms with van der Waals surface area (Å²) in [7, 11) is 0. The molecule has 2 aliphatic heterocycles. The van der Waals surface area contributed by atoms with Crippen molar-refractivity contribution in [1.29, 1.82) is 0 Å². The molecule has 1 aromatic heterocycles. The Balaban J connectivity index is 1.41. The van der Waals surface area contributed by atoms with Crippen LogP contribution in [0.2, 0.25) is 0 Å². The molecule has 1 N–H and O–H groups in total. The van der Waals surface area contributed by atoms with E-state index in [0.29, 0.717) is 45.8 Å². The third kappa shape index (κ3) is 4.56. The van der Waals surface area contributed by atoms with E-state index in [1.807, 2.05) is 28.0 Å². The van der Waals surface area contributed by atoms with Crippen molar-refractivity contribution < 1.29 is 19.4 Å². The Morgan fingerprint density at radius 2 is 2.00 bits per heavy atom. The van der Waals surface area contributed by atoms with Crippen LogP contribution in [0.4, 0.5) is 10.6 Å². The van der Waals surface area contributed by atoms with Gasteiger partial charge in [0.15, 0.2) is 0 Å². The van der Waals surface area contributed by atoms with Crippen LogP contribution in [0.1, 0.15) is 51.9 Å². The summed E-state index contributed by atoms with van der Waals surface area (Å²) in [6.07, 6.45) is 7.63. The molecule has 1 saturated carbocycles. The number of hydrogen-bond acceptors (Lipinski definition) is 6. The maximum atomic E-state index is 13.0. The van der Waals surface area contributed by atoms with Crippen LogP contribution >= 0.6 is 0 Å². The molecule has 0 radical (unpaired) electrons. The number of ether oxygens (including phenoxy) is 1. The van der Waals surface area contributed by atoms with E-state index < -0.39 is 5.60 Å². The number of likely N-dealkylation sites (tertiary alicyclic amines) is 1. The van der Waals surface area contributed by atoms with Crippen molar-refractivity contribution in [1.82, 2.24) is 14.8 Å². The molecule has 3 heterocycles. The first-order valence-electron chi connectivity index (χ1n) is 12.0. The number of hydrogen-bond donors (Lipinski definition) is 1. The van der Waals surface area contributed by atoms with E-state index in [-0.39, 0.29) is 24.0 Å². The molecule has 1 unspecified atom stereocenters. The monoisotopic (exact) mass is 444 g/mol. The topological polar surface area (TPSA) is 86.2 Å². The molecule has 4 rings (SSSR count). The standard InChI is InChI=1S/C24H36N4O4/c1-2-3-16-32-22(30)28-13-11-24(31,23(18-28)9-5-6-10-23)19-27-15-14-26(17-21(27)29)20-8-4-7-12-25-20/h4,7-8,12,31H,2-3,5-6,9-11,13-19H2,1H3. The molecule has 0 bridgehead atoms. The molecule has 8 heteroatoms. The van der Waals surface area contributed by atoms with Gasteiger partial charge in [-0.1, -0.05) is 32.3 Å². The summed E-state index contributed by atoms with van der Waals surface area (Å²) in [6, 6.07) is 5.70. The molecular weight excluding hydrogens is 408 g/mol. The number of amides is 2. The zero-order valence-corrected chi connectivity index (χ0v) is 19.2. The van der Waals surface area contributed by atoms with E-state index >= 15 is 0 Å². The number of carbonyl (C=O) groups is 2. The predicted molar refractivity (Wildman–Crippen MR) is 121 cm³/mol. The molecule has 2 amide bonds. The van der Waals surface area contributed by atoms with Crippen molar-refractivity contribution in [3.05, 3.63) is 24.4 Å². The average molecular weight is 445 g/mol. The molecule has 1 spiro atoms. The average Bonchev–Trinajstić information content (AvgIpc) is 3.28. The van der Waals surface area contributed by atoms with Crippen molar-refractivity contribution in [2.45, 2.75) is 57.5 Å². The Hall–Kier alpha value is -2.35. The highest BCUT2D eigenvalue weighted by Crippen LogP contribution is 2.51. The van der Waals surface area contributed by atoms with Gasteiger partial charge in [-0.2, -0.15) is 0 Å². The molecule has 3 aliphatic rings. The van der Waals surface area contributed by atoms with Gasteiger partial charge in [0, 0.05) is 37.8 Å². The van der Waals surface area contributed by atoms with Gasteiger partial charge < -0.3 is 24.5 Å². The van der Waals surface area contributed by atoms with Crippen LogP contribution in [0.15, 0.2) is 24.4 Å². The van der Waals surface area contributed by atoms with E-state index in [1.165, 1.54) is 0 Å². The molecule has 8 nitrogen and oxygen atoms in total. The first kappa shape index (κ1) is 22.8. The van der Waals surface area contributed by atoms with E-state index in [4.69, 9.17) is 4.74 Å². The van der Waals surface area contributed by atoms with Crippen LogP contribution in [0, 0.1) is 5.41 Å². The number of carbonyl (C=O) groups excluding carboxylic acids is 2. The van der Waals surface area contributed by atoms with Gasteiger partial charge in [-0.3, -0.25) is 4.79 Å².